The molecule has 2 atom stereocenters. The van der Waals surface area contributed by atoms with Crippen molar-refractivity contribution in [1.29, 1.82) is 0 Å². The minimum atomic E-state index is -0.278. The summed E-state index contributed by atoms with van der Waals surface area (Å²) in [4.78, 5) is 19.0. The predicted molar refractivity (Wildman–Crippen MR) is 86.4 cm³/mol. The number of anilines is 1. The summed E-state index contributed by atoms with van der Waals surface area (Å²) in [5, 5.41) is 9.55. The lowest BCUT2D eigenvalue weighted by Crippen LogP contribution is -2.48. The monoisotopic (exact) mass is 336 g/mol. The topological polar surface area (TPSA) is 80.5 Å². The number of hydrogen-bond donors (Lipinski definition) is 1. The molecule has 0 spiro atoms. The number of rotatable bonds is 4. The molecule has 0 unspecified atom stereocenters. The van der Waals surface area contributed by atoms with Gasteiger partial charge in [-0.1, -0.05) is 5.16 Å². The van der Waals surface area contributed by atoms with Crippen LogP contribution in [0.5, 0.6) is 0 Å². The van der Waals surface area contributed by atoms with Crippen molar-refractivity contribution in [2.45, 2.75) is 32.9 Å². The van der Waals surface area contributed by atoms with Crippen LogP contribution in [0.15, 0.2) is 16.0 Å². The molecule has 0 saturated carbocycles. The molecule has 124 valence electrons. The van der Waals surface area contributed by atoms with E-state index in [1.165, 1.54) is 0 Å². The third-order valence-electron chi connectivity index (χ3n) is 3.82. The van der Waals surface area contributed by atoms with Crippen LogP contribution >= 0.6 is 11.3 Å². The Labute approximate surface area is 138 Å². The maximum absolute atomic E-state index is 12.4. The van der Waals surface area contributed by atoms with Gasteiger partial charge in [-0.25, -0.2) is 4.98 Å². The molecule has 8 heteroatoms. The number of aromatic nitrogens is 2. The Kier molecular flexibility index (Phi) is 4.74. The molecule has 0 radical (unpaired) electrons. The highest BCUT2D eigenvalue weighted by Gasteiger charge is 2.30. The van der Waals surface area contributed by atoms with Crippen LogP contribution in [0.2, 0.25) is 0 Å². The van der Waals surface area contributed by atoms with Crippen molar-refractivity contribution in [3.63, 3.8) is 0 Å². The van der Waals surface area contributed by atoms with E-state index in [0.29, 0.717) is 31.3 Å². The highest BCUT2D eigenvalue weighted by atomic mass is 32.1. The molecule has 1 fully saturated rings. The fraction of sp³-hybridized carbons (Fsp3) is 0.533. The first kappa shape index (κ1) is 16.1. The highest BCUT2D eigenvalue weighted by Crippen LogP contribution is 2.26. The fourth-order valence-electron chi connectivity index (χ4n) is 2.51. The first-order chi connectivity index (χ1) is 11.0. The molecule has 7 nitrogen and oxygen atoms in total. The van der Waals surface area contributed by atoms with Crippen LogP contribution in [0.1, 0.15) is 29.5 Å². The van der Waals surface area contributed by atoms with E-state index < -0.39 is 0 Å². The van der Waals surface area contributed by atoms with E-state index in [9.17, 15) is 4.79 Å². The molecule has 0 aliphatic carbocycles. The Balaban J connectivity index is 1.62. The lowest BCUT2D eigenvalue weighted by atomic mass is 10.2. The third-order valence-corrected chi connectivity index (χ3v) is 4.87. The summed E-state index contributed by atoms with van der Waals surface area (Å²) in [5.41, 5.74) is 0.998. The smallest absolute Gasteiger partial charge is 0.242 e. The van der Waals surface area contributed by atoms with Gasteiger partial charge < -0.3 is 14.6 Å². The number of nitrogens with one attached hydrogen (secondary N) is 1. The number of morpholine rings is 1. The van der Waals surface area contributed by atoms with E-state index in [4.69, 9.17) is 9.26 Å². The summed E-state index contributed by atoms with van der Waals surface area (Å²) in [5.74, 6) is 1.01. The average molecular weight is 336 g/mol. The fourth-order valence-corrected chi connectivity index (χ4v) is 3.35. The van der Waals surface area contributed by atoms with Crippen molar-refractivity contribution in [1.82, 2.24) is 15.0 Å². The van der Waals surface area contributed by atoms with Crippen molar-refractivity contribution in [2.75, 3.05) is 25.0 Å². The first-order valence-electron chi connectivity index (χ1n) is 7.55. The molecule has 1 aliphatic rings. The molecule has 1 amide bonds. The summed E-state index contributed by atoms with van der Waals surface area (Å²) < 4.78 is 10.8. The number of amides is 1. The second kappa shape index (κ2) is 6.77. The second-order valence-corrected chi connectivity index (χ2v) is 6.56. The van der Waals surface area contributed by atoms with Gasteiger partial charge in [0.15, 0.2) is 5.82 Å². The molecule has 23 heavy (non-hydrogen) atoms. The number of thiazole rings is 1. The molecule has 2 aromatic rings. The van der Waals surface area contributed by atoms with Gasteiger partial charge in [0, 0.05) is 30.2 Å². The van der Waals surface area contributed by atoms with Crippen molar-refractivity contribution in [3.8, 4) is 0 Å². The van der Waals surface area contributed by atoms with Crippen LogP contribution < -0.4 is 5.32 Å². The maximum atomic E-state index is 12.4. The quantitative estimate of drug-likeness (QED) is 0.921. The molecule has 0 bridgehead atoms. The van der Waals surface area contributed by atoms with Crippen molar-refractivity contribution >= 4 is 23.1 Å². The first-order valence-corrected chi connectivity index (χ1v) is 8.43. The molecular weight excluding hydrogens is 316 g/mol. The molecule has 3 rings (SSSR count). The number of carbonyl (C=O) groups excluding carboxylic acids is 1. The van der Waals surface area contributed by atoms with Crippen LogP contribution in [0.4, 0.5) is 5.82 Å². The number of ether oxygens (including phenoxy) is 1. The Bertz CT molecular complexity index is 684. The van der Waals surface area contributed by atoms with Crippen LogP contribution in [-0.2, 0) is 9.53 Å². The van der Waals surface area contributed by atoms with Crippen LogP contribution in [0.25, 0.3) is 0 Å². The van der Waals surface area contributed by atoms with E-state index in [2.05, 4.69) is 20.4 Å². The number of nitrogens with zero attached hydrogens (tertiary/aromatic N) is 3. The molecule has 2 aromatic heterocycles. The SMILES string of the molecule is Cc1csc([C@@H]2CN([C@@H](C)C(=O)Nc3cc(C)on3)CCO2)n1. The Morgan fingerprint density at radius 2 is 2.35 bits per heavy atom. The highest BCUT2D eigenvalue weighted by molar-refractivity contribution is 7.09. The van der Waals surface area contributed by atoms with Gasteiger partial charge in [-0.3, -0.25) is 9.69 Å². The third kappa shape index (κ3) is 3.77. The average Bonchev–Trinajstić information content (AvgIpc) is 3.15. The zero-order chi connectivity index (χ0) is 16.4. The standard InChI is InChI=1S/C15H20N4O3S/c1-9-8-23-15(16-9)12-7-19(4-5-21-12)11(3)14(20)17-13-6-10(2)22-18-13/h6,8,11-12H,4-5,7H2,1-3H3,(H,17,18,20)/t11-,12-/m0/s1. The lowest BCUT2D eigenvalue weighted by Gasteiger charge is -2.35. The summed E-state index contributed by atoms with van der Waals surface area (Å²) in [6.45, 7) is 7.60. The molecule has 0 aromatic carbocycles. The lowest BCUT2D eigenvalue weighted by molar-refractivity contribution is -0.124. The predicted octanol–water partition coefficient (Wildman–Crippen LogP) is 2.15. The van der Waals surface area contributed by atoms with Crippen molar-refractivity contribution < 1.29 is 14.1 Å². The van der Waals surface area contributed by atoms with Gasteiger partial charge in [0.1, 0.15) is 16.9 Å². The van der Waals surface area contributed by atoms with Gasteiger partial charge in [-0.05, 0) is 20.8 Å². The van der Waals surface area contributed by atoms with Gasteiger partial charge in [-0.2, -0.15) is 0 Å². The van der Waals surface area contributed by atoms with E-state index >= 15 is 0 Å². The van der Waals surface area contributed by atoms with E-state index in [1.54, 1.807) is 24.3 Å². The number of aryl methyl sites for hydroxylation is 2. The van der Waals surface area contributed by atoms with Crippen molar-refractivity contribution in [2.24, 2.45) is 0 Å². The summed E-state index contributed by atoms with van der Waals surface area (Å²) in [6.07, 6.45) is -0.0769. The van der Waals surface area contributed by atoms with Gasteiger partial charge in [-0.15, -0.1) is 11.3 Å². The Hall–Kier alpha value is -1.77. The normalized spacial score (nSPS) is 20.4. The van der Waals surface area contributed by atoms with Crippen molar-refractivity contribution in [3.05, 3.63) is 27.9 Å². The minimum Gasteiger partial charge on any atom is -0.368 e. The van der Waals surface area contributed by atoms with Gasteiger partial charge >= 0.3 is 0 Å². The van der Waals surface area contributed by atoms with Crippen LogP contribution in [0, 0.1) is 13.8 Å². The van der Waals surface area contributed by atoms with E-state index in [0.717, 1.165) is 10.7 Å². The molecule has 1 N–H and O–H groups in total. The largest absolute Gasteiger partial charge is 0.368 e. The second-order valence-electron chi connectivity index (χ2n) is 5.67. The van der Waals surface area contributed by atoms with E-state index in [-0.39, 0.29) is 18.1 Å². The van der Waals surface area contributed by atoms with Crippen LogP contribution in [-0.4, -0.2) is 46.7 Å². The summed E-state index contributed by atoms with van der Waals surface area (Å²) in [6, 6.07) is 1.42. The molecule has 1 aliphatic heterocycles. The zero-order valence-corrected chi connectivity index (χ0v) is 14.2. The molecular formula is C15H20N4O3S. The minimum absolute atomic E-state index is 0.0769. The van der Waals surface area contributed by atoms with Gasteiger partial charge in [0.25, 0.3) is 0 Å². The molecule has 3 heterocycles. The number of carbonyl (C=O) groups is 1. The molecule has 1 saturated heterocycles. The number of hydrogen-bond acceptors (Lipinski definition) is 7. The maximum Gasteiger partial charge on any atom is 0.242 e. The Morgan fingerprint density at radius 3 is 3.00 bits per heavy atom. The zero-order valence-electron chi connectivity index (χ0n) is 13.4. The van der Waals surface area contributed by atoms with Crippen LogP contribution in [0.3, 0.4) is 0 Å². The summed E-state index contributed by atoms with van der Waals surface area (Å²) in [7, 11) is 0. The summed E-state index contributed by atoms with van der Waals surface area (Å²) >= 11 is 1.60. The Morgan fingerprint density at radius 1 is 1.52 bits per heavy atom. The van der Waals surface area contributed by atoms with Gasteiger partial charge in [0.05, 0.1) is 12.6 Å². The van der Waals surface area contributed by atoms with E-state index in [1.807, 2.05) is 19.2 Å². The van der Waals surface area contributed by atoms with Gasteiger partial charge in [0.2, 0.25) is 5.91 Å².